The van der Waals surface area contributed by atoms with Crippen LogP contribution in [0.3, 0.4) is 0 Å². The van der Waals surface area contributed by atoms with Crippen LogP contribution >= 0.6 is 12.8 Å². The average Bonchev–Trinajstić information content (AvgIpc) is 2.13. The van der Waals surface area contributed by atoms with Crippen LogP contribution in [-0.4, -0.2) is 11.8 Å². The van der Waals surface area contributed by atoms with Gasteiger partial charge >= 0.3 is 0 Å². The second-order valence-electron chi connectivity index (χ2n) is 3.11. The second-order valence-corrected chi connectivity index (χ2v) is 3.37. The number of nitrogens with two attached hydrogens (primary N) is 2. The van der Waals surface area contributed by atoms with E-state index in [4.69, 9.17) is 16.9 Å². The van der Waals surface area contributed by atoms with Gasteiger partial charge in [0, 0.05) is 5.70 Å². The number of allylic oxidation sites excluding steroid dienone is 1. The molecule has 0 spiro atoms. The Morgan fingerprint density at radius 2 is 1.92 bits per heavy atom. The number of hydrogen-bond acceptors (Lipinski definition) is 5. The van der Waals surface area contributed by atoms with Gasteiger partial charge in [-0.25, -0.2) is 0 Å². The summed E-state index contributed by atoms with van der Waals surface area (Å²) in [5.41, 5.74) is 14.5. The van der Waals surface area contributed by atoms with E-state index in [-0.39, 0.29) is 6.04 Å². The molecule has 1 aliphatic carbocycles. The molecule has 5 heteroatoms. The summed E-state index contributed by atoms with van der Waals surface area (Å²) in [6.07, 6.45) is 0. The van der Waals surface area contributed by atoms with Gasteiger partial charge in [0.15, 0.2) is 0 Å². The topological polar surface area (TPSA) is 87.9 Å². The van der Waals surface area contributed by atoms with Crippen molar-refractivity contribution in [2.75, 3.05) is 0 Å². The molecule has 72 valence electrons. The SMILES string of the molecule is CC1=C(N)C(NS)C(C)=C(N)C1=N. The van der Waals surface area contributed by atoms with Crippen LogP contribution in [-0.2, 0) is 0 Å². The Morgan fingerprint density at radius 1 is 1.38 bits per heavy atom. The average molecular weight is 198 g/mol. The smallest absolute Gasteiger partial charge is 0.0816 e. The van der Waals surface area contributed by atoms with E-state index in [1.165, 1.54) is 0 Å². The first-order valence-electron chi connectivity index (χ1n) is 3.92. The quantitative estimate of drug-likeness (QED) is 0.392. The molecule has 0 radical (unpaired) electrons. The fourth-order valence-electron chi connectivity index (χ4n) is 1.32. The van der Waals surface area contributed by atoms with Crippen molar-refractivity contribution in [3.05, 3.63) is 22.5 Å². The molecule has 1 unspecified atom stereocenters. The molecule has 1 aliphatic rings. The van der Waals surface area contributed by atoms with Gasteiger partial charge in [-0.1, -0.05) is 12.8 Å². The molecule has 0 saturated heterocycles. The Hall–Kier alpha value is -0.940. The Kier molecular flexibility index (Phi) is 2.68. The highest BCUT2D eigenvalue weighted by atomic mass is 32.1. The largest absolute Gasteiger partial charge is 0.400 e. The third kappa shape index (κ3) is 1.45. The van der Waals surface area contributed by atoms with Crippen molar-refractivity contribution in [2.45, 2.75) is 19.9 Å². The number of hydrogen-bond donors (Lipinski definition) is 5. The van der Waals surface area contributed by atoms with Gasteiger partial charge in [0.25, 0.3) is 0 Å². The summed E-state index contributed by atoms with van der Waals surface area (Å²) < 4.78 is 2.76. The number of rotatable bonds is 1. The third-order valence-electron chi connectivity index (χ3n) is 2.38. The summed E-state index contributed by atoms with van der Waals surface area (Å²) in [5.74, 6) is 0. The molecule has 4 nitrogen and oxygen atoms in total. The van der Waals surface area contributed by atoms with E-state index in [9.17, 15) is 0 Å². The standard InChI is InChI=1S/C8H14N4S/c1-3-5(9)6(10)4(2)8(12-13)7(3)11/h8-9,12-13H,10-11H2,1-2H3. The second kappa shape index (κ2) is 3.43. The van der Waals surface area contributed by atoms with Gasteiger partial charge in [-0.05, 0) is 25.0 Å². The predicted molar refractivity (Wildman–Crippen MR) is 57.4 cm³/mol. The molecule has 13 heavy (non-hydrogen) atoms. The summed E-state index contributed by atoms with van der Waals surface area (Å²) in [7, 11) is 0. The highest BCUT2D eigenvalue weighted by Crippen LogP contribution is 2.22. The normalized spacial score (nSPS) is 24.2. The maximum absolute atomic E-state index is 7.65. The Bertz CT molecular complexity index is 288. The molecular weight excluding hydrogens is 184 g/mol. The van der Waals surface area contributed by atoms with Crippen LogP contribution in [0.1, 0.15) is 13.8 Å². The zero-order valence-corrected chi connectivity index (χ0v) is 8.57. The molecule has 1 atom stereocenters. The molecule has 0 aromatic rings. The van der Waals surface area contributed by atoms with Gasteiger partial charge in [0.2, 0.25) is 0 Å². The molecule has 0 aromatic carbocycles. The molecule has 0 aromatic heterocycles. The highest BCUT2D eigenvalue weighted by Gasteiger charge is 2.25. The van der Waals surface area contributed by atoms with Crippen molar-refractivity contribution in [3.63, 3.8) is 0 Å². The van der Waals surface area contributed by atoms with Gasteiger partial charge in [0.05, 0.1) is 17.5 Å². The monoisotopic (exact) mass is 198 g/mol. The van der Waals surface area contributed by atoms with Crippen LogP contribution in [0.15, 0.2) is 22.5 Å². The summed E-state index contributed by atoms with van der Waals surface area (Å²) in [5, 5.41) is 7.65. The van der Waals surface area contributed by atoms with Crippen LogP contribution in [0.25, 0.3) is 0 Å². The van der Waals surface area contributed by atoms with E-state index >= 15 is 0 Å². The molecular formula is C8H14N4S. The van der Waals surface area contributed by atoms with E-state index in [0.29, 0.717) is 17.1 Å². The minimum absolute atomic E-state index is 0.155. The minimum atomic E-state index is -0.155. The number of nitrogens with one attached hydrogen (secondary N) is 2. The van der Waals surface area contributed by atoms with Crippen molar-refractivity contribution in [3.8, 4) is 0 Å². The zero-order valence-electron chi connectivity index (χ0n) is 7.68. The molecule has 6 N–H and O–H groups in total. The van der Waals surface area contributed by atoms with Crippen LogP contribution in [0.2, 0.25) is 0 Å². The van der Waals surface area contributed by atoms with E-state index in [1.807, 2.05) is 6.92 Å². The Labute approximate surface area is 83.1 Å². The molecule has 0 saturated carbocycles. The van der Waals surface area contributed by atoms with E-state index in [2.05, 4.69) is 17.5 Å². The first kappa shape index (κ1) is 10.1. The van der Waals surface area contributed by atoms with Crippen molar-refractivity contribution in [1.82, 2.24) is 4.72 Å². The van der Waals surface area contributed by atoms with Crippen molar-refractivity contribution in [2.24, 2.45) is 11.5 Å². The lowest BCUT2D eigenvalue weighted by atomic mass is 9.90. The summed E-state index contributed by atoms with van der Waals surface area (Å²) in [6.45, 7) is 3.63. The first-order valence-corrected chi connectivity index (χ1v) is 4.36. The van der Waals surface area contributed by atoms with Gasteiger partial charge < -0.3 is 11.5 Å². The van der Waals surface area contributed by atoms with Crippen LogP contribution in [0.4, 0.5) is 0 Å². The van der Waals surface area contributed by atoms with Crippen molar-refractivity contribution < 1.29 is 0 Å². The summed E-state index contributed by atoms with van der Waals surface area (Å²) in [4.78, 5) is 0. The lowest BCUT2D eigenvalue weighted by Gasteiger charge is -2.26. The zero-order chi connectivity index (χ0) is 10.2. The predicted octanol–water partition coefficient (Wildman–Crippen LogP) is 0.288. The molecule has 1 rings (SSSR count). The van der Waals surface area contributed by atoms with E-state index in [1.54, 1.807) is 6.92 Å². The lowest BCUT2D eigenvalue weighted by Crippen LogP contribution is -2.38. The van der Waals surface area contributed by atoms with Gasteiger partial charge in [-0.2, -0.15) is 0 Å². The number of thiol groups is 1. The molecule has 0 fully saturated rings. The van der Waals surface area contributed by atoms with Gasteiger partial charge in [-0.15, -0.1) is 0 Å². The van der Waals surface area contributed by atoms with E-state index < -0.39 is 0 Å². The molecule has 0 heterocycles. The fraction of sp³-hybridized carbons (Fsp3) is 0.375. The highest BCUT2D eigenvalue weighted by molar-refractivity contribution is 7.78. The van der Waals surface area contributed by atoms with E-state index in [0.717, 1.165) is 11.1 Å². The maximum atomic E-state index is 7.65. The Morgan fingerprint density at radius 3 is 2.38 bits per heavy atom. The van der Waals surface area contributed by atoms with Crippen LogP contribution in [0, 0.1) is 5.41 Å². The van der Waals surface area contributed by atoms with Crippen molar-refractivity contribution in [1.29, 1.82) is 5.41 Å². The summed E-state index contributed by atoms with van der Waals surface area (Å²) in [6, 6.07) is -0.155. The molecule has 0 aliphatic heterocycles. The minimum Gasteiger partial charge on any atom is -0.400 e. The third-order valence-corrected chi connectivity index (χ3v) is 2.63. The lowest BCUT2D eigenvalue weighted by molar-refractivity contribution is 0.791. The van der Waals surface area contributed by atoms with Gasteiger partial charge in [0.1, 0.15) is 0 Å². The van der Waals surface area contributed by atoms with Crippen molar-refractivity contribution >= 4 is 18.5 Å². The van der Waals surface area contributed by atoms with Crippen LogP contribution < -0.4 is 16.2 Å². The fourth-order valence-corrected chi connectivity index (χ4v) is 1.65. The van der Waals surface area contributed by atoms with Gasteiger partial charge in [-0.3, -0.25) is 10.1 Å². The summed E-state index contributed by atoms with van der Waals surface area (Å²) >= 11 is 3.97. The first-order chi connectivity index (χ1) is 6.00. The Balaban J connectivity index is 3.21. The van der Waals surface area contributed by atoms with Crippen LogP contribution in [0.5, 0.6) is 0 Å². The molecule has 0 amide bonds. The maximum Gasteiger partial charge on any atom is 0.0816 e. The molecule has 0 bridgehead atoms.